The minimum atomic E-state index is 0.314. The third-order valence-corrected chi connectivity index (χ3v) is 3.73. The smallest absolute Gasteiger partial charge is 0.104 e. The van der Waals surface area contributed by atoms with E-state index in [1.807, 2.05) is 6.07 Å². The number of furan rings is 1. The van der Waals surface area contributed by atoms with Crippen molar-refractivity contribution in [1.29, 1.82) is 0 Å². The Labute approximate surface area is 91.8 Å². The van der Waals surface area contributed by atoms with Gasteiger partial charge >= 0.3 is 0 Å². The zero-order chi connectivity index (χ0) is 10.6. The number of rotatable bonds is 3. The highest BCUT2D eigenvalue weighted by molar-refractivity contribution is 5.03. The summed E-state index contributed by atoms with van der Waals surface area (Å²) in [6.07, 6.45) is 10.7. The Kier molecular flexibility index (Phi) is 3.47. The predicted molar refractivity (Wildman–Crippen MR) is 61.6 cm³/mol. The lowest BCUT2D eigenvalue weighted by atomic mass is 9.77. The first-order chi connectivity index (χ1) is 7.35. The quantitative estimate of drug-likeness (QED) is 0.773. The van der Waals surface area contributed by atoms with Gasteiger partial charge in [-0.2, -0.15) is 0 Å². The molecular formula is C13H21NO. The van der Waals surface area contributed by atoms with Crippen LogP contribution in [0.3, 0.4) is 0 Å². The molecular weight excluding hydrogens is 186 g/mol. The first-order valence-electron chi connectivity index (χ1n) is 6.07. The second-order valence-electron chi connectivity index (χ2n) is 4.87. The van der Waals surface area contributed by atoms with Gasteiger partial charge in [-0.3, -0.25) is 0 Å². The highest BCUT2D eigenvalue weighted by Crippen LogP contribution is 2.37. The molecule has 0 radical (unpaired) electrons. The summed E-state index contributed by atoms with van der Waals surface area (Å²) < 4.78 is 5.45. The van der Waals surface area contributed by atoms with E-state index in [-0.39, 0.29) is 0 Å². The van der Waals surface area contributed by atoms with E-state index in [2.05, 4.69) is 6.07 Å². The second kappa shape index (κ2) is 4.84. The van der Waals surface area contributed by atoms with Gasteiger partial charge in [-0.15, -0.1) is 0 Å². The first kappa shape index (κ1) is 10.7. The van der Waals surface area contributed by atoms with E-state index in [4.69, 9.17) is 10.2 Å². The summed E-state index contributed by atoms with van der Waals surface area (Å²) in [5, 5.41) is 0. The Morgan fingerprint density at radius 3 is 2.47 bits per heavy atom. The molecule has 0 atom stereocenters. The second-order valence-corrected chi connectivity index (χ2v) is 4.87. The minimum Gasteiger partial charge on any atom is -0.469 e. The largest absolute Gasteiger partial charge is 0.469 e. The monoisotopic (exact) mass is 207 g/mol. The van der Waals surface area contributed by atoms with Crippen molar-refractivity contribution in [2.45, 2.75) is 44.9 Å². The molecule has 0 amide bonds. The van der Waals surface area contributed by atoms with Gasteiger partial charge in [-0.05, 0) is 36.9 Å². The zero-order valence-electron chi connectivity index (χ0n) is 9.37. The number of hydrogen-bond donors (Lipinski definition) is 1. The molecule has 2 N–H and O–H groups in total. The van der Waals surface area contributed by atoms with Gasteiger partial charge < -0.3 is 10.2 Å². The molecule has 15 heavy (non-hydrogen) atoms. The van der Waals surface area contributed by atoms with Crippen LogP contribution in [0, 0.1) is 5.41 Å². The Hall–Kier alpha value is -0.760. The van der Waals surface area contributed by atoms with Crippen LogP contribution in [0.2, 0.25) is 0 Å². The van der Waals surface area contributed by atoms with Crippen LogP contribution in [-0.4, -0.2) is 6.54 Å². The normalized spacial score (nSPS) is 21.1. The number of nitrogens with two attached hydrogens (primary N) is 1. The van der Waals surface area contributed by atoms with Crippen LogP contribution < -0.4 is 5.73 Å². The molecule has 2 nitrogen and oxygen atoms in total. The van der Waals surface area contributed by atoms with Crippen molar-refractivity contribution < 1.29 is 4.42 Å². The van der Waals surface area contributed by atoms with Gasteiger partial charge in [-0.25, -0.2) is 0 Å². The van der Waals surface area contributed by atoms with Gasteiger partial charge in [-0.1, -0.05) is 25.7 Å². The van der Waals surface area contributed by atoms with Gasteiger partial charge in [0.15, 0.2) is 0 Å². The fourth-order valence-corrected chi connectivity index (χ4v) is 2.71. The van der Waals surface area contributed by atoms with E-state index < -0.39 is 0 Å². The van der Waals surface area contributed by atoms with Crippen LogP contribution in [0.15, 0.2) is 22.8 Å². The third kappa shape index (κ3) is 2.63. The zero-order valence-corrected chi connectivity index (χ0v) is 9.37. The highest BCUT2D eigenvalue weighted by Gasteiger charge is 2.30. The van der Waals surface area contributed by atoms with Crippen LogP contribution in [-0.2, 0) is 6.42 Å². The van der Waals surface area contributed by atoms with Crippen LogP contribution in [0.5, 0.6) is 0 Å². The molecule has 0 spiro atoms. The van der Waals surface area contributed by atoms with Gasteiger partial charge in [0.25, 0.3) is 0 Å². The molecule has 1 aromatic rings. The van der Waals surface area contributed by atoms with Crippen molar-refractivity contribution in [3.63, 3.8) is 0 Å². The lowest BCUT2D eigenvalue weighted by molar-refractivity contribution is 0.235. The SMILES string of the molecule is NCC1(Cc2ccco2)CCCCCC1. The molecule has 84 valence electrons. The van der Waals surface area contributed by atoms with Crippen molar-refractivity contribution in [2.75, 3.05) is 6.54 Å². The summed E-state index contributed by atoms with van der Waals surface area (Å²) in [5.74, 6) is 1.10. The fraction of sp³-hybridized carbons (Fsp3) is 0.692. The third-order valence-electron chi connectivity index (χ3n) is 3.73. The van der Waals surface area contributed by atoms with Gasteiger partial charge in [0.2, 0.25) is 0 Å². The van der Waals surface area contributed by atoms with Crippen LogP contribution >= 0.6 is 0 Å². The molecule has 2 rings (SSSR count). The van der Waals surface area contributed by atoms with Crippen LogP contribution in [0.25, 0.3) is 0 Å². The van der Waals surface area contributed by atoms with E-state index in [1.54, 1.807) is 6.26 Å². The fourth-order valence-electron chi connectivity index (χ4n) is 2.71. The molecule has 1 fully saturated rings. The van der Waals surface area contributed by atoms with E-state index in [9.17, 15) is 0 Å². The lowest BCUT2D eigenvalue weighted by Crippen LogP contribution is -2.32. The van der Waals surface area contributed by atoms with Gasteiger partial charge in [0.1, 0.15) is 5.76 Å². The molecule has 1 aromatic heterocycles. The molecule has 1 heterocycles. The summed E-state index contributed by atoms with van der Waals surface area (Å²) in [7, 11) is 0. The summed E-state index contributed by atoms with van der Waals surface area (Å²) in [5.41, 5.74) is 6.30. The van der Waals surface area contributed by atoms with Crippen LogP contribution in [0.4, 0.5) is 0 Å². The molecule has 0 bridgehead atoms. The van der Waals surface area contributed by atoms with Crippen molar-refractivity contribution in [1.82, 2.24) is 0 Å². The van der Waals surface area contributed by atoms with Crippen molar-refractivity contribution in [3.05, 3.63) is 24.2 Å². The highest BCUT2D eigenvalue weighted by atomic mass is 16.3. The average Bonchev–Trinajstić information content (AvgIpc) is 2.64. The van der Waals surface area contributed by atoms with Crippen molar-refractivity contribution >= 4 is 0 Å². The van der Waals surface area contributed by atoms with Crippen molar-refractivity contribution in [3.8, 4) is 0 Å². The molecule has 2 heteroatoms. The molecule has 0 aliphatic heterocycles. The van der Waals surface area contributed by atoms with Crippen molar-refractivity contribution in [2.24, 2.45) is 11.1 Å². The molecule has 0 saturated heterocycles. The Bertz CT molecular complexity index is 271. The molecule has 1 saturated carbocycles. The van der Waals surface area contributed by atoms with E-state index in [0.29, 0.717) is 5.41 Å². The van der Waals surface area contributed by atoms with Gasteiger partial charge in [0, 0.05) is 6.42 Å². The molecule has 0 aromatic carbocycles. The first-order valence-corrected chi connectivity index (χ1v) is 6.07. The van der Waals surface area contributed by atoms with E-state index >= 15 is 0 Å². The summed E-state index contributed by atoms with van der Waals surface area (Å²) in [6, 6.07) is 4.04. The molecule has 0 unspecified atom stereocenters. The maximum absolute atomic E-state index is 5.98. The van der Waals surface area contributed by atoms with Gasteiger partial charge in [0.05, 0.1) is 6.26 Å². The Balaban J connectivity index is 2.05. The molecule has 1 aliphatic carbocycles. The maximum atomic E-state index is 5.98. The summed E-state index contributed by atoms with van der Waals surface area (Å²) in [4.78, 5) is 0. The molecule has 1 aliphatic rings. The Morgan fingerprint density at radius 1 is 1.20 bits per heavy atom. The van der Waals surface area contributed by atoms with E-state index in [1.165, 1.54) is 38.5 Å². The maximum Gasteiger partial charge on any atom is 0.104 e. The number of hydrogen-bond acceptors (Lipinski definition) is 2. The van der Waals surface area contributed by atoms with E-state index in [0.717, 1.165) is 18.7 Å². The predicted octanol–water partition coefficient (Wildman–Crippen LogP) is 3.12. The summed E-state index contributed by atoms with van der Waals surface area (Å²) in [6.45, 7) is 0.799. The minimum absolute atomic E-state index is 0.314. The standard InChI is InChI=1S/C13H21NO/c14-11-13(7-3-1-2-4-8-13)10-12-6-5-9-15-12/h5-6,9H,1-4,7-8,10-11,14H2. The average molecular weight is 207 g/mol. The summed E-state index contributed by atoms with van der Waals surface area (Å²) >= 11 is 0. The van der Waals surface area contributed by atoms with Crippen LogP contribution in [0.1, 0.15) is 44.3 Å². The lowest BCUT2D eigenvalue weighted by Gasteiger charge is -2.30. The topological polar surface area (TPSA) is 39.2 Å². The Morgan fingerprint density at radius 2 is 1.93 bits per heavy atom.